The Morgan fingerprint density at radius 2 is 1.75 bits per heavy atom. The molecule has 2 aliphatic rings. The van der Waals surface area contributed by atoms with Crippen LogP contribution in [0.1, 0.15) is 30.4 Å². The third-order valence-corrected chi connectivity index (χ3v) is 3.74. The van der Waals surface area contributed by atoms with Crippen molar-refractivity contribution >= 4 is 29.9 Å². The van der Waals surface area contributed by atoms with Gasteiger partial charge in [-0.3, -0.25) is 19.5 Å². The Morgan fingerprint density at radius 3 is 2.50 bits per heavy atom. The number of hydrogen-bond donors (Lipinski definition) is 0. The van der Waals surface area contributed by atoms with E-state index < -0.39 is 0 Å². The van der Waals surface area contributed by atoms with E-state index in [-0.39, 0.29) is 24.2 Å². The minimum absolute atomic E-state index is 0. The molecule has 0 spiro atoms. The summed E-state index contributed by atoms with van der Waals surface area (Å²) < 4.78 is 0. The lowest BCUT2D eigenvalue weighted by atomic mass is 9.96. The average Bonchev–Trinajstić information content (AvgIpc) is 2.76. The van der Waals surface area contributed by atoms with Crippen LogP contribution in [0, 0.1) is 0 Å². The molecule has 1 aromatic carbocycles. The zero-order chi connectivity index (χ0) is 13.2. The van der Waals surface area contributed by atoms with Gasteiger partial charge in [-0.15, -0.1) is 12.4 Å². The topological polar surface area (TPSA) is 49.7 Å². The Labute approximate surface area is 124 Å². The van der Waals surface area contributed by atoms with Gasteiger partial charge >= 0.3 is 0 Å². The molecule has 4 nitrogen and oxygen atoms in total. The molecule has 1 saturated heterocycles. The summed E-state index contributed by atoms with van der Waals surface area (Å²) in [5, 5.41) is 0. The molecular formula is C15H17ClN2O2. The van der Waals surface area contributed by atoms with Crippen molar-refractivity contribution in [2.75, 3.05) is 13.1 Å². The Bertz CT molecular complexity index is 553. The van der Waals surface area contributed by atoms with Crippen molar-refractivity contribution in [2.45, 2.75) is 25.7 Å². The second kappa shape index (κ2) is 6.18. The van der Waals surface area contributed by atoms with E-state index in [1.165, 1.54) is 16.0 Å². The first kappa shape index (κ1) is 14.7. The summed E-state index contributed by atoms with van der Waals surface area (Å²) in [6.45, 7) is 1.26. The van der Waals surface area contributed by atoms with E-state index in [0.29, 0.717) is 25.8 Å². The van der Waals surface area contributed by atoms with Gasteiger partial charge in [-0.1, -0.05) is 24.3 Å². The van der Waals surface area contributed by atoms with E-state index >= 15 is 0 Å². The number of amides is 2. The van der Waals surface area contributed by atoms with Crippen LogP contribution >= 0.6 is 12.4 Å². The first-order chi connectivity index (χ1) is 9.25. The van der Waals surface area contributed by atoms with E-state index in [1.807, 2.05) is 12.1 Å². The highest BCUT2D eigenvalue weighted by Crippen LogP contribution is 2.19. The quantitative estimate of drug-likeness (QED) is 0.800. The van der Waals surface area contributed by atoms with E-state index in [2.05, 4.69) is 17.1 Å². The minimum atomic E-state index is -0.0466. The fraction of sp³-hybridized carbons (Fsp3) is 0.400. The van der Waals surface area contributed by atoms with Crippen LogP contribution in [0.5, 0.6) is 0 Å². The van der Waals surface area contributed by atoms with Crippen LogP contribution in [-0.2, 0) is 16.0 Å². The third-order valence-electron chi connectivity index (χ3n) is 3.74. The van der Waals surface area contributed by atoms with Gasteiger partial charge < -0.3 is 0 Å². The number of fused-ring (bicyclic) bond motifs is 1. The van der Waals surface area contributed by atoms with Crippen molar-refractivity contribution < 1.29 is 9.59 Å². The first-order valence-corrected chi connectivity index (χ1v) is 6.70. The van der Waals surface area contributed by atoms with Gasteiger partial charge in [0.25, 0.3) is 0 Å². The maximum absolute atomic E-state index is 11.6. The van der Waals surface area contributed by atoms with Crippen LogP contribution in [0.2, 0.25) is 0 Å². The summed E-state index contributed by atoms with van der Waals surface area (Å²) in [7, 11) is 0. The standard InChI is InChI=1S/C15H16N2O2.ClH/c18-14-5-6-15(19)17(14)10-8-13-12-4-2-1-3-11(12)7-9-16-13;/h1-4H,5-10H2;1H. The van der Waals surface area contributed by atoms with Gasteiger partial charge in [0.2, 0.25) is 11.8 Å². The summed E-state index contributed by atoms with van der Waals surface area (Å²) in [4.78, 5) is 29.1. The van der Waals surface area contributed by atoms with Crippen molar-refractivity contribution in [1.29, 1.82) is 0 Å². The number of imide groups is 1. The molecule has 5 heteroatoms. The van der Waals surface area contributed by atoms with Crippen molar-refractivity contribution in [2.24, 2.45) is 4.99 Å². The Morgan fingerprint density at radius 1 is 1.05 bits per heavy atom. The van der Waals surface area contributed by atoms with Crippen LogP contribution in [0.3, 0.4) is 0 Å². The molecule has 106 valence electrons. The van der Waals surface area contributed by atoms with Crippen LogP contribution in [0.25, 0.3) is 0 Å². The monoisotopic (exact) mass is 292 g/mol. The summed E-state index contributed by atoms with van der Waals surface area (Å²) >= 11 is 0. The number of likely N-dealkylation sites (tertiary alicyclic amines) is 1. The molecule has 0 atom stereocenters. The molecule has 0 aliphatic carbocycles. The normalized spacial score (nSPS) is 17.6. The van der Waals surface area contributed by atoms with Gasteiger partial charge in [0, 0.05) is 38.1 Å². The lowest BCUT2D eigenvalue weighted by Gasteiger charge is -2.19. The largest absolute Gasteiger partial charge is 0.289 e. The highest BCUT2D eigenvalue weighted by molar-refractivity contribution is 6.05. The fourth-order valence-electron chi connectivity index (χ4n) is 2.72. The number of carbonyl (C=O) groups is 2. The highest BCUT2D eigenvalue weighted by Gasteiger charge is 2.28. The van der Waals surface area contributed by atoms with Crippen LogP contribution in [-0.4, -0.2) is 35.5 Å². The smallest absolute Gasteiger partial charge is 0.229 e. The maximum atomic E-state index is 11.6. The lowest BCUT2D eigenvalue weighted by molar-refractivity contribution is -0.138. The van der Waals surface area contributed by atoms with Crippen molar-refractivity contribution in [1.82, 2.24) is 4.90 Å². The molecule has 0 saturated carbocycles. The SMILES string of the molecule is Cl.O=C1CCC(=O)N1CCC1=NCCc2ccccc21. The summed E-state index contributed by atoms with van der Waals surface area (Å²) in [6, 6.07) is 8.23. The lowest BCUT2D eigenvalue weighted by Crippen LogP contribution is -2.31. The number of carbonyl (C=O) groups excluding carboxylic acids is 2. The van der Waals surface area contributed by atoms with Gasteiger partial charge in [0.05, 0.1) is 0 Å². The van der Waals surface area contributed by atoms with E-state index in [1.54, 1.807) is 0 Å². The maximum Gasteiger partial charge on any atom is 0.229 e. The first-order valence-electron chi connectivity index (χ1n) is 6.70. The number of hydrogen-bond acceptors (Lipinski definition) is 3. The predicted molar refractivity (Wildman–Crippen MR) is 79.4 cm³/mol. The molecule has 0 N–H and O–H groups in total. The van der Waals surface area contributed by atoms with E-state index in [0.717, 1.165) is 18.7 Å². The number of benzene rings is 1. The summed E-state index contributed by atoms with van der Waals surface area (Å²) in [6.07, 6.45) is 2.36. The molecule has 0 bridgehead atoms. The predicted octanol–water partition coefficient (Wildman–Crippen LogP) is 1.99. The zero-order valence-corrected chi connectivity index (χ0v) is 12.0. The molecule has 1 aromatic rings. The van der Waals surface area contributed by atoms with E-state index in [4.69, 9.17) is 0 Å². The van der Waals surface area contributed by atoms with Crippen LogP contribution < -0.4 is 0 Å². The zero-order valence-electron chi connectivity index (χ0n) is 11.2. The van der Waals surface area contributed by atoms with Crippen molar-refractivity contribution in [3.8, 4) is 0 Å². The molecular weight excluding hydrogens is 276 g/mol. The van der Waals surface area contributed by atoms with Crippen LogP contribution in [0.4, 0.5) is 0 Å². The highest BCUT2D eigenvalue weighted by atomic mass is 35.5. The van der Waals surface area contributed by atoms with Gasteiger partial charge in [0.15, 0.2) is 0 Å². The molecule has 2 amide bonds. The number of aliphatic imine (C=N–C) groups is 1. The Balaban J connectivity index is 0.00000147. The molecule has 2 aliphatic heterocycles. The van der Waals surface area contributed by atoms with Crippen LogP contribution in [0.15, 0.2) is 29.3 Å². The van der Waals surface area contributed by atoms with E-state index in [9.17, 15) is 9.59 Å². The van der Waals surface area contributed by atoms with Gasteiger partial charge in [0.1, 0.15) is 0 Å². The van der Waals surface area contributed by atoms with Gasteiger partial charge in [-0.25, -0.2) is 0 Å². The molecule has 3 rings (SSSR count). The number of halogens is 1. The van der Waals surface area contributed by atoms with Crippen molar-refractivity contribution in [3.05, 3.63) is 35.4 Å². The van der Waals surface area contributed by atoms with Gasteiger partial charge in [-0.05, 0) is 17.5 Å². The van der Waals surface area contributed by atoms with Crippen molar-refractivity contribution in [3.63, 3.8) is 0 Å². The number of rotatable bonds is 3. The Kier molecular flexibility index (Phi) is 4.55. The third kappa shape index (κ3) is 2.75. The second-order valence-corrected chi connectivity index (χ2v) is 4.92. The molecule has 0 unspecified atom stereocenters. The molecule has 0 radical (unpaired) electrons. The average molecular weight is 293 g/mol. The minimum Gasteiger partial charge on any atom is -0.289 e. The molecule has 20 heavy (non-hydrogen) atoms. The van der Waals surface area contributed by atoms with Gasteiger partial charge in [-0.2, -0.15) is 0 Å². The summed E-state index contributed by atoms with van der Waals surface area (Å²) in [5.41, 5.74) is 3.51. The number of nitrogens with zero attached hydrogens (tertiary/aromatic N) is 2. The molecule has 1 fully saturated rings. The molecule has 0 aromatic heterocycles. The second-order valence-electron chi connectivity index (χ2n) is 4.92. The molecule has 2 heterocycles. The summed E-state index contributed by atoms with van der Waals surface area (Å²) in [5.74, 6) is -0.0932. The fourth-order valence-corrected chi connectivity index (χ4v) is 2.72. The Hall–Kier alpha value is -1.68.